The number of carbonyl (C=O) groups is 1. The van der Waals surface area contributed by atoms with Crippen LogP contribution in [0.1, 0.15) is 6.92 Å². The van der Waals surface area contributed by atoms with Gasteiger partial charge in [-0.15, -0.1) is 0 Å². The molecule has 0 saturated carbocycles. The van der Waals surface area contributed by atoms with Crippen LogP contribution in [0.25, 0.3) is 10.9 Å². The van der Waals surface area contributed by atoms with Crippen molar-refractivity contribution in [3.63, 3.8) is 0 Å². The van der Waals surface area contributed by atoms with Crippen LogP contribution < -0.4 is 5.32 Å². The van der Waals surface area contributed by atoms with Gasteiger partial charge in [-0.2, -0.15) is 5.10 Å². The second-order valence-electron chi connectivity index (χ2n) is 5.27. The van der Waals surface area contributed by atoms with E-state index in [0.29, 0.717) is 12.2 Å². The summed E-state index contributed by atoms with van der Waals surface area (Å²) in [5.41, 5.74) is 1.48. The minimum Gasteiger partial charge on any atom is -0.324 e. The maximum atomic E-state index is 12.4. The van der Waals surface area contributed by atoms with E-state index in [1.165, 1.54) is 0 Å². The first-order valence-electron chi connectivity index (χ1n) is 7.06. The average Bonchev–Trinajstić information content (AvgIpc) is 2.95. The number of carbonyl (C=O) groups excluding carboxylic acids is 1. The Balaban J connectivity index is 1.79. The van der Waals surface area contributed by atoms with E-state index in [0.717, 1.165) is 19.8 Å². The first-order valence-corrected chi connectivity index (χ1v) is 8.65. The summed E-state index contributed by atoms with van der Waals surface area (Å²) < 4.78 is 3.59. The maximum Gasteiger partial charge on any atom is 0.229 e. The van der Waals surface area contributed by atoms with Crippen LogP contribution >= 0.6 is 31.9 Å². The number of hydrogen-bond donors (Lipinski definition) is 1. The van der Waals surface area contributed by atoms with Gasteiger partial charge < -0.3 is 5.32 Å². The Bertz CT molecular complexity index is 862. The van der Waals surface area contributed by atoms with Gasteiger partial charge in [0.05, 0.1) is 34.3 Å². The molecule has 0 aliphatic carbocycles. The second-order valence-corrected chi connectivity index (χ2v) is 7.04. The van der Waals surface area contributed by atoms with Crippen molar-refractivity contribution in [3.05, 3.63) is 51.8 Å². The van der Waals surface area contributed by atoms with Gasteiger partial charge in [0.15, 0.2) is 0 Å². The predicted molar refractivity (Wildman–Crippen MR) is 97.2 cm³/mol. The lowest BCUT2D eigenvalue weighted by atomic mass is 10.1. The number of pyridine rings is 1. The fourth-order valence-corrected chi connectivity index (χ4v) is 3.08. The van der Waals surface area contributed by atoms with Crippen molar-refractivity contribution < 1.29 is 4.79 Å². The second kappa shape index (κ2) is 6.80. The molecule has 0 fully saturated rings. The number of fused-ring (bicyclic) bond motifs is 1. The van der Waals surface area contributed by atoms with Gasteiger partial charge in [0, 0.05) is 22.3 Å². The fraction of sp³-hybridized carbons (Fsp3) is 0.188. The van der Waals surface area contributed by atoms with E-state index >= 15 is 0 Å². The third-order valence-corrected chi connectivity index (χ3v) is 4.59. The number of benzene rings is 1. The first-order chi connectivity index (χ1) is 11.0. The van der Waals surface area contributed by atoms with E-state index in [-0.39, 0.29) is 11.8 Å². The van der Waals surface area contributed by atoms with E-state index < -0.39 is 0 Å². The van der Waals surface area contributed by atoms with E-state index in [2.05, 4.69) is 47.3 Å². The monoisotopic (exact) mass is 436 g/mol. The number of nitrogens with one attached hydrogen (secondary N) is 1. The third-order valence-electron chi connectivity index (χ3n) is 3.48. The van der Waals surface area contributed by atoms with Gasteiger partial charge in [-0.05, 0) is 34.1 Å². The van der Waals surface area contributed by atoms with E-state index in [9.17, 15) is 4.79 Å². The van der Waals surface area contributed by atoms with E-state index in [4.69, 9.17) is 0 Å². The normalized spacial score (nSPS) is 12.3. The van der Waals surface area contributed by atoms with Gasteiger partial charge in [-0.25, -0.2) is 0 Å². The molecule has 1 unspecified atom stereocenters. The fourth-order valence-electron chi connectivity index (χ4n) is 2.30. The van der Waals surface area contributed by atoms with Crippen LogP contribution in [-0.2, 0) is 11.3 Å². The third kappa shape index (κ3) is 3.61. The molecular formula is C16H14Br2N4O. The molecule has 23 heavy (non-hydrogen) atoms. The zero-order valence-electron chi connectivity index (χ0n) is 12.3. The molecule has 0 spiro atoms. The smallest absolute Gasteiger partial charge is 0.229 e. The summed E-state index contributed by atoms with van der Waals surface area (Å²) in [6, 6.07) is 7.60. The molecule has 3 rings (SSSR count). The van der Waals surface area contributed by atoms with Crippen LogP contribution in [0.5, 0.6) is 0 Å². The molecule has 1 amide bonds. The van der Waals surface area contributed by atoms with Crippen molar-refractivity contribution in [1.29, 1.82) is 0 Å². The zero-order valence-corrected chi connectivity index (χ0v) is 15.5. The summed E-state index contributed by atoms with van der Waals surface area (Å²) >= 11 is 6.85. The first kappa shape index (κ1) is 16.1. The summed E-state index contributed by atoms with van der Waals surface area (Å²) in [7, 11) is 0. The van der Waals surface area contributed by atoms with Crippen LogP contribution in [-0.4, -0.2) is 20.7 Å². The van der Waals surface area contributed by atoms with Crippen molar-refractivity contribution in [2.24, 2.45) is 5.92 Å². The lowest BCUT2D eigenvalue weighted by molar-refractivity contribution is -0.119. The summed E-state index contributed by atoms with van der Waals surface area (Å²) in [4.78, 5) is 16.8. The van der Waals surface area contributed by atoms with E-state index in [1.807, 2.05) is 37.4 Å². The highest BCUT2D eigenvalue weighted by atomic mass is 79.9. The largest absolute Gasteiger partial charge is 0.324 e. The number of nitrogens with zero attached hydrogens (tertiary/aromatic N) is 3. The Hall–Kier alpha value is -1.73. The molecule has 0 aliphatic heterocycles. The molecule has 0 aliphatic rings. The summed E-state index contributed by atoms with van der Waals surface area (Å²) in [5, 5.41) is 8.11. The highest BCUT2D eigenvalue weighted by Crippen LogP contribution is 2.28. The summed E-state index contributed by atoms with van der Waals surface area (Å²) in [6.45, 7) is 2.39. The van der Waals surface area contributed by atoms with Gasteiger partial charge in [-0.3, -0.25) is 14.5 Å². The van der Waals surface area contributed by atoms with E-state index in [1.54, 1.807) is 17.1 Å². The van der Waals surface area contributed by atoms with Crippen LogP contribution in [0.4, 0.5) is 5.69 Å². The summed E-state index contributed by atoms with van der Waals surface area (Å²) in [5.74, 6) is -0.282. The molecule has 3 aromatic rings. The van der Waals surface area contributed by atoms with Crippen LogP contribution in [0.2, 0.25) is 0 Å². The molecule has 2 heterocycles. The SMILES string of the molecule is CC(Cn1cc(Br)cn1)C(=O)Nc1ccc(Br)c2cccnc12. The molecule has 118 valence electrons. The maximum absolute atomic E-state index is 12.4. The predicted octanol–water partition coefficient (Wildman–Crippen LogP) is 4.23. The minimum absolute atomic E-state index is 0.0640. The minimum atomic E-state index is -0.218. The van der Waals surface area contributed by atoms with Crippen molar-refractivity contribution >= 4 is 54.4 Å². The molecule has 1 N–H and O–H groups in total. The van der Waals surface area contributed by atoms with Crippen molar-refractivity contribution in [2.45, 2.75) is 13.5 Å². The van der Waals surface area contributed by atoms with Gasteiger partial charge in [0.1, 0.15) is 0 Å². The molecule has 1 aromatic carbocycles. The van der Waals surface area contributed by atoms with Crippen molar-refractivity contribution in [3.8, 4) is 0 Å². The number of hydrogen-bond acceptors (Lipinski definition) is 3. The highest BCUT2D eigenvalue weighted by molar-refractivity contribution is 9.11. The number of rotatable bonds is 4. The Morgan fingerprint density at radius 3 is 2.91 bits per heavy atom. The van der Waals surface area contributed by atoms with Crippen molar-refractivity contribution in [1.82, 2.24) is 14.8 Å². The molecule has 1 atom stereocenters. The van der Waals surface area contributed by atoms with Crippen molar-refractivity contribution in [2.75, 3.05) is 5.32 Å². The number of aromatic nitrogens is 3. The number of amides is 1. The molecule has 7 heteroatoms. The van der Waals surface area contributed by atoms with Gasteiger partial charge in [0.2, 0.25) is 5.91 Å². The molecule has 0 radical (unpaired) electrons. The molecule has 0 bridgehead atoms. The number of anilines is 1. The Labute approximate surface area is 150 Å². The Kier molecular flexibility index (Phi) is 4.77. The van der Waals surface area contributed by atoms with Gasteiger partial charge >= 0.3 is 0 Å². The van der Waals surface area contributed by atoms with Gasteiger partial charge in [0.25, 0.3) is 0 Å². The Morgan fingerprint density at radius 1 is 1.35 bits per heavy atom. The molecule has 5 nitrogen and oxygen atoms in total. The molecular weight excluding hydrogens is 424 g/mol. The van der Waals surface area contributed by atoms with Crippen LogP contribution in [0.15, 0.2) is 51.8 Å². The topological polar surface area (TPSA) is 59.8 Å². The number of halogens is 2. The standard InChI is InChI=1S/C16H14Br2N4O/c1-10(8-22-9-11(17)7-20-22)16(23)21-14-5-4-13(18)12-3-2-6-19-15(12)14/h2-7,9-10H,8H2,1H3,(H,21,23). The lowest BCUT2D eigenvalue weighted by Gasteiger charge is -2.14. The lowest BCUT2D eigenvalue weighted by Crippen LogP contribution is -2.24. The Morgan fingerprint density at radius 2 is 2.17 bits per heavy atom. The van der Waals surface area contributed by atoms with Crippen LogP contribution in [0.3, 0.4) is 0 Å². The van der Waals surface area contributed by atoms with Gasteiger partial charge in [-0.1, -0.05) is 28.9 Å². The zero-order chi connectivity index (χ0) is 16.4. The van der Waals surface area contributed by atoms with Crippen LogP contribution in [0, 0.1) is 5.92 Å². The molecule has 0 saturated heterocycles. The summed E-state index contributed by atoms with van der Waals surface area (Å²) in [6.07, 6.45) is 5.27. The molecule has 2 aromatic heterocycles. The quantitative estimate of drug-likeness (QED) is 0.664. The highest BCUT2D eigenvalue weighted by Gasteiger charge is 2.16. The average molecular weight is 438 g/mol.